The van der Waals surface area contributed by atoms with E-state index < -0.39 is 0 Å². The number of nitrogens with zero attached hydrogens (tertiary/aromatic N) is 1. The fourth-order valence-corrected chi connectivity index (χ4v) is 4.39. The molecular formula is C25H32N2O2. The molecule has 154 valence electrons. The Hall–Kier alpha value is -2.33. The summed E-state index contributed by atoms with van der Waals surface area (Å²) in [5, 5.41) is 3.63. The quantitative estimate of drug-likeness (QED) is 0.758. The molecule has 1 saturated heterocycles. The third-order valence-corrected chi connectivity index (χ3v) is 6.25. The number of carbonyl (C=O) groups is 1. The summed E-state index contributed by atoms with van der Waals surface area (Å²) >= 11 is 0. The third-order valence-electron chi connectivity index (χ3n) is 6.25. The number of nitrogens with one attached hydrogen (secondary N) is 1. The van der Waals surface area contributed by atoms with Crippen LogP contribution in [0, 0.1) is 0 Å². The lowest BCUT2D eigenvalue weighted by atomic mass is 9.89. The van der Waals surface area contributed by atoms with Crippen molar-refractivity contribution in [2.24, 2.45) is 0 Å². The molecule has 1 aliphatic heterocycles. The zero-order valence-corrected chi connectivity index (χ0v) is 17.5. The van der Waals surface area contributed by atoms with Crippen molar-refractivity contribution >= 4 is 5.91 Å². The van der Waals surface area contributed by atoms with E-state index in [4.69, 9.17) is 4.74 Å². The molecule has 0 saturated carbocycles. The SMILES string of the molecule is C[C@@H](NCc1ccccc1OCC(=O)N1CCCC1)c1ccc2c(c1)CCCC2. The van der Waals surface area contributed by atoms with E-state index in [-0.39, 0.29) is 18.6 Å². The number of aryl methyl sites for hydroxylation is 2. The summed E-state index contributed by atoms with van der Waals surface area (Å²) in [6.07, 6.45) is 7.26. The van der Waals surface area contributed by atoms with Crippen LogP contribution in [0.15, 0.2) is 42.5 Å². The summed E-state index contributed by atoms with van der Waals surface area (Å²) in [7, 11) is 0. The van der Waals surface area contributed by atoms with E-state index in [0.717, 1.165) is 37.2 Å². The monoisotopic (exact) mass is 392 g/mol. The molecule has 0 aromatic heterocycles. The molecule has 29 heavy (non-hydrogen) atoms. The highest BCUT2D eigenvalue weighted by atomic mass is 16.5. The molecule has 0 unspecified atom stereocenters. The fraction of sp³-hybridized carbons (Fsp3) is 0.480. The van der Waals surface area contributed by atoms with Crippen molar-refractivity contribution in [1.29, 1.82) is 0 Å². The largest absolute Gasteiger partial charge is 0.483 e. The first-order valence-corrected chi connectivity index (χ1v) is 11.0. The summed E-state index contributed by atoms with van der Waals surface area (Å²) < 4.78 is 5.89. The minimum absolute atomic E-state index is 0.0905. The number of rotatable bonds is 7. The molecule has 2 aromatic rings. The molecule has 1 aliphatic carbocycles. The van der Waals surface area contributed by atoms with Crippen molar-refractivity contribution in [3.63, 3.8) is 0 Å². The van der Waals surface area contributed by atoms with E-state index in [1.54, 1.807) is 0 Å². The highest BCUT2D eigenvalue weighted by molar-refractivity contribution is 5.78. The van der Waals surface area contributed by atoms with Crippen molar-refractivity contribution in [3.05, 3.63) is 64.7 Å². The van der Waals surface area contributed by atoms with Gasteiger partial charge in [0.05, 0.1) is 0 Å². The molecule has 4 rings (SSSR count). The van der Waals surface area contributed by atoms with E-state index in [0.29, 0.717) is 6.54 Å². The Morgan fingerprint density at radius 1 is 1.03 bits per heavy atom. The first-order chi connectivity index (χ1) is 14.2. The summed E-state index contributed by atoms with van der Waals surface area (Å²) in [5.41, 5.74) is 5.47. The predicted octanol–water partition coefficient (Wildman–Crippen LogP) is 4.42. The van der Waals surface area contributed by atoms with Gasteiger partial charge in [0.1, 0.15) is 5.75 Å². The Morgan fingerprint density at radius 3 is 2.62 bits per heavy atom. The van der Waals surface area contributed by atoms with Crippen molar-refractivity contribution in [1.82, 2.24) is 10.2 Å². The number of hydrogen-bond donors (Lipinski definition) is 1. The van der Waals surface area contributed by atoms with Gasteiger partial charge in [-0.3, -0.25) is 4.79 Å². The van der Waals surface area contributed by atoms with Crippen LogP contribution >= 0.6 is 0 Å². The number of carbonyl (C=O) groups excluding carboxylic acids is 1. The normalized spacial score (nSPS) is 17.1. The Balaban J connectivity index is 1.35. The molecule has 4 nitrogen and oxygen atoms in total. The molecule has 1 amide bonds. The van der Waals surface area contributed by atoms with Gasteiger partial charge in [-0.25, -0.2) is 0 Å². The molecule has 1 heterocycles. The van der Waals surface area contributed by atoms with Crippen LogP contribution in [-0.4, -0.2) is 30.5 Å². The van der Waals surface area contributed by atoms with Crippen LogP contribution < -0.4 is 10.1 Å². The second kappa shape index (κ2) is 9.45. The number of likely N-dealkylation sites (tertiary alicyclic amines) is 1. The smallest absolute Gasteiger partial charge is 0.260 e. The zero-order valence-electron chi connectivity index (χ0n) is 17.5. The van der Waals surface area contributed by atoms with Gasteiger partial charge in [0.2, 0.25) is 0 Å². The average Bonchev–Trinajstić information content (AvgIpc) is 3.31. The number of para-hydroxylation sites is 1. The van der Waals surface area contributed by atoms with Gasteiger partial charge in [0.25, 0.3) is 5.91 Å². The Morgan fingerprint density at radius 2 is 1.79 bits per heavy atom. The molecule has 1 N–H and O–H groups in total. The van der Waals surface area contributed by atoms with E-state index in [1.807, 2.05) is 23.1 Å². The highest BCUT2D eigenvalue weighted by Gasteiger charge is 2.19. The van der Waals surface area contributed by atoms with E-state index >= 15 is 0 Å². The van der Waals surface area contributed by atoms with Gasteiger partial charge in [-0.05, 0) is 68.2 Å². The number of amides is 1. The standard InChI is InChI=1S/C25H32N2O2/c1-19(21-13-12-20-8-2-3-9-22(20)16-21)26-17-23-10-4-5-11-24(23)29-18-25(28)27-14-6-7-15-27/h4-5,10-13,16,19,26H,2-3,6-9,14-15,17-18H2,1H3/t19-/m1/s1. The Kier molecular flexibility index (Phi) is 6.50. The predicted molar refractivity (Wildman–Crippen MR) is 116 cm³/mol. The summed E-state index contributed by atoms with van der Waals surface area (Å²) in [6, 6.07) is 15.2. The second-order valence-electron chi connectivity index (χ2n) is 8.32. The molecule has 2 aliphatic rings. The van der Waals surface area contributed by atoms with Crippen LogP contribution in [0.3, 0.4) is 0 Å². The maximum absolute atomic E-state index is 12.3. The summed E-state index contributed by atoms with van der Waals surface area (Å²) in [5.74, 6) is 0.887. The Bertz CT molecular complexity index is 842. The van der Waals surface area contributed by atoms with Crippen LogP contribution in [0.25, 0.3) is 0 Å². The van der Waals surface area contributed by atoms with Gasteiger partial charge >= 0.3 is 0 Å². The number of ether oxygens (including phenoxy) is 1. The maximum Gasteiger partial charge on any atom is 0.260 e. The van der Waals surface area contributed by atoms with E-state index in [1.165, 1.54) is 42.4 Å². The summed E-state index contributed by atoms with van der Waals surface area (Å²) in [4.78, 5) is 14.2. The van der Waals surface area contributed by atoms with Crippen molar-refractivity contribution < 1.29 is 9.53 Å². The fourth-order valence-electron chi connectivity index (χ4n) is 4.39. The molecule has 2 aromatic carbocycles. The zero-order chi connectivity index (χ0) is 20.1. The van der Waals surface area contributed by atoms with Crippen LogP contribution in [0.5, 0.6) is 5.75 Å². The molecular weight excluding hydrogens is 360 g/mol. The highest BCUT2D eigenvalue weighted by Crippen LogP contribution is 2.25. The molecule has 0 radical (unpaired) electrons. The molecule has 1 fully saturated rings. The topological polar surface area (TPSA) is 41.6 Å². The lowest BCUT2D eigenvalue weighted by Gasteiger charge is -2.21. The van der Waals surface area contributed by atoms with Gasteiger partial charge in [0.15, 0.2) is 6.61 Å². The Labute approximate surface area is 174 Å². The lowest BCUT2D eigenvalue weighted by molar-refractivity contribution is -0.132. The van der Waals surface area contributed by atoms with Crippen molar-refractivity contribution in [2.45, 2.75) is 58.0 Å². The van der Waals surface area contributed by atoms with E-state index in [9.17, 15) is 4.79 Å². The molecule has 4 heteroatoms. The van der Waals surface area contributed by atoms with Gasteiger partial charge in [-0.1, -0.05) is 36.4 Å². The number of benzene rings is 2. The lowest BCUT2D eigenvalue weighted by Crippen LogP contribution is -2.32. The van der Waals surface area contributed by atoms with Gasteiger partial charge in [-0.2, -0.15) is 0 Å². The van der Waals surface area contributed by atoms with E-state index in [2.05, 4.69) is 36.5 Å². The minimum Gasteiger partial charge on any atom is -0.483 e. The van der Waals surface area contributed by atoms with Crippen molar-refractivity contribution in [3.8, 4) is 5.75 Å². The first-order valence-electron chi connectivity index (χ1n) is 11.0. The van der Waals surface area contributed by atoms with Crippen LogP contribution in [0.1, 0.15) is 60.9 Å². The van der Waals surface area contributed by atoms with Gasteiger partial charge in [0, 0.05) is 31.2 Å². The van der Waals surface area contributed by atoms with Crippen LogP contribution in [-0.2, 0) is 24.2 Å². The molecule has 0 spiro atoms. The minimum atomic E-state index is 0.0905. The van der Waals surface area contributed by atoms with Gasteiger partial charge < -0.3 is 15.0 Å². The number of hydrogen-bond acceptors (Lipinski definition) is 3. The first kappa shape index (κ1) is 20.0. The average molecular weight is 393 g/mol. The molecule has 0 bridgehead atoms. The van der Waals surface area contributed by atoms with Crippen LogP contribution in [0.2, 0.25) is 0 Å². The molecule has 1 atom stereocenters. The third kappa shape index (κ3) is 4.99. The second-order valence-corrected chi connectivity index (χ2v) is 8.32. The maximum atomic E-state index is 12.3. The van der Waals surface area contributed by atoms with Crippen LogP contribution in [0.4, 0.5) is 0 Å². The summed E-state index contributed by atoms with van der Waals surface area (Å²) in [6.45, 7) is 4.78. The van der Waals surface area contributed by atoms with Gasteiger partial charge in [-0.15, -0.1) is 0 Å². The number of fused-ring (bicyclic) bond motifs is 1. The van der Waals surface area contributed by atoms with Crippen molar-refractivity contribution in [2.75, 3.05) is 19.7 Å².